The van der Waals surface area contributed by atoms with E-state index in [4.69, 9.17) is 11.6 Å². The zero-order chi connectivity index (χ0) is 12.1. The molecule has 1 aromatic heterocycles. The number of halogens is 1. The Labute approximate surface area is 105 Å². The molecular weight excluding hydrogens is 236 g/mol. The van der Waals surface area contributed by atoms with E-state index in [2.05, 4.69) is 10.3 Å². The summed E-state index contributed by atoms with van der Waals surface area (Å²) in [6, 6.07) is 11.2. The summed E-state index contributed by atoms with van der Waals surface area (Å²) < 4.78 is 0. The molecule has 0 saturated heterocycles. The van der Waals surface area contributed by atoms with Gasteiger partial charge in [-0.3, -0.25) is 4.79 Å². The SMILES string of the molecule is O=C(NCCc1ccc(Cl)cc1)c1ccc[nH]1. The standard InChI is InChI=1S/C13H13ClN2O/c14-11-5-3-10(4-6-11)7-9-16-13(17)12-2-1-8-15-12/h1-6,8,15H,7,9H2,(H,16,17). The minimum Gasteiger partial charge on any atom is -0.357 e. The second-order valence-corrected chi connectivity index (χ2v) is 4.15. The van der Waals surface area contributed by atoms with Crippen LogP contribution in [0.3, 0.4) is 0 Å². The predicted octanol–water partition coefficient (Wildman–Crippen LogP) is 2.64. The van der Waals surface area contributed by atoms with Crippen LogP contribution < -0.4 is 5.32 Å². The van der Waals surface area contributed by atoms with Gasteiger partial charge in [0.2, 0.25) is 0 Å². The average Bonchev–Trinajstić information content (AvgIpc) is 2.85. The summed E-state index contributed by atoms with van der Waals surface area (Å²) in [6.45, 7) is 0.611. The molecule has 0 bridgehead atoms. The van der Waals surface area contributed by atoms with Crippen LogP contribution in [-0.2, 0) is 6.42 Å². The summed E-state index contributed by atoms with van der Waals surface area (Å²) >= 11 is 5.79. The highest BCUT2D eigenvalue weighted by Gasteiger charge is 2.04. The molecule has 0 aliphatic carbocycles. The maximum Gasteiger partial charge on any atom is 0.267 e. The van der Waals surface area contributed by atoms with Crippen molar-refractivity contribution in [3.63, 3.8) is 0 Å². The van der Waals surface area contributed by atoms with Gasteiger partial charge in [-0.05, 0) is 36.2 Å². The number of rotatable bonds is 4. The Morgan fingerprint density at radius 2 is 2.00 bits per heavy atom. The molecule has 4 heteroatoms. The third-order valence-electron chi connectivity index (χ3n) is 2.46. The van der Waals surface area contributed by atoms with Crippen molar-refractivity contribution in [3.05, 3.63) is 58.9 Å². The summed E-state index contributed by atoms with van der Waals surface area (Å²) in [5.41, 5.74) is 1.74. The number of amides is 1. The summed E-state index contributed by atoms with van der Waals surface area (Å²) in [5, 5.41) is 3.57. The predicted molar refractivity (Wildman–Crippen MR) is 68.3 cm³/mol. The highest BCUT2D eigenvalue weighted by atomic mass is 35.5. The Bertz CT molecular complexity index is 477. The fraction of sp³-hybridized carbons (Fsp3) is 0.154. The molecule has 1 aromatic carbocycles. The minimum atomic E-state index is -0.0797. The topological polar surface area (TPSA) is 44.9 Å². The molecule has 2 rings (SSSR count). The van der Waals surface area contributed by atoms with E-state index in [9.17, 15) is 4.79 Å². The van der Waals surface area contributed by atoms with Gasteiger partial charge in [0.1, 0.15) is 5.69 Å². The lowest BCUT2D eigenvalue weighted by atomic mass is 10.1. The Morgan fingerprint density at radius 3 is 2.65 bits per heavy atom. The number of hydrogen-bond acceptors (Lipinski definition) is 1. The molecule has 0 aliphatic rings. The van der Waals surface area contributed by atoms with Crippen molar-refractivity contribution >= 4 is 17.5 Å². The van der Waals surface area contributed by atoms with Crippen molar-refractivity contribution < 1.29 is 4.79 Å². The molecule has 17 heavy (non-hydrogen) atoms. The van der Waals surface area contributed by atoms with E-state index in [1.165, 1.54) is 0 Å². The lowest BCUT2D eigenvalue weighted by molar-refractivity contribution is 0.0950. The van der Waals surface area contributed by atoms with Gasteiger partial charge in [-0.1, -0.05) is 23.7 Å². The van der Waals surface area contributed by atoms with Crippen LogP contribution in [0, 0.1) is 0 Å². The van der Waals surface area contributed by atoms with E-state index in [1.54, 1.807) is 18.3 Å². The fourth-order valence-electron chi connectivity index (χ4n) is 1.54. The van der Waals surface area contributed by atoms with Gasteiger partial charge in [0.05, 0.1) is 0 Å². The summed E-state index contributed by atoms with van der Waals surface area (Å²) in [7, 11) is 0. The molecule has 88 valence electrons. The molecule has 2 N–H and O–H groups in total. The number of aromatic nitrogens is 1. The van der Waals surface area contributed by atoms with Gasteiger partial charge in [-0.25, -0.2) is 0 Å². The Kier molecular flexibility index (Phi) is 3.83. The third kappa shape index (κ3) is 3.36. The van der Waals surface area contributed by atoms with Crippen LogP contribution in [0.15, 0.2) is 42.6 Å². The van der Waals surface area contributed by atoms with Gasteiger partial charge in [0.15, 0.2) is 0 Å². The Balaban J connectivity index is 1.80. The Hall–Kier alpha value is -1.74. The van der Waals surface area contributed by atoms with Crippen molar-refractivity contribution in [2.75, 3.05) is 6.54 Å². The maximum atomic E-state index is 11.6. The molecule has 0 aliphatic heterocycles. The first-order valence-corrected chi connectivity index (χ1v) is 5.79. The highest BCUT2D eigenvalue weighted by molar-refractivity contribution is 6.30. The minimum absolute atomic E-state index is 0.0797. The van der Waals surface area contributed by atoms with Crippen LogP contribution in [0.4, 0.5) is 0 Å². The van der Waals surface area contributed by atoms with Crippen molar-refractivity contribution in [3.8, 4) is 0 Å². The van der Waals surface area contributed by atoms with Crippen LogP contribution >= 0.6 is 11.6 Å². The zero-order valence-electron chi connectivity index (χ0n) is 9.24. The number of hydrogen-bond donors (Lipinski definition) is 2. The number of nitrogens with one attached hydrogen (secondary N) is 2. The number of benzene rings is 1. The largest absolute Gasteiger partial charge is 0.357 e. The third-order valence-corrected chi connectivity index (χ3v) is 2.71. The summed E-state index contributed by atoms with van der Waals surface area (Å²) in [6.07, 6.45) is 2.53. The first-order chi connectivity index (χ1) is 8.25. The molecule has 1 heterocycles. The molecule has 0 saturated carbocycles. The molecule has 3 nitrogen and oxygen atoms in total. The van der Waals surface area contributed by atoms with E-state index in [-0.39, 0.29) is 5.91 Å². The molecule has 0 unspecified atom stereocenters. The molecular formula is C13H13ClN2O. The second kappa shape index (κ2) is 5.55. The average molecular weight is 249 g/mol. The summed E-state index contributed by atoms with van der Waals surface area (Å²) in [4.78, 5) is 14.5. The zero-order valence-corrected chi connectivity index (χ0v) is 10.00. The molecule has 0 spiro atoms. The molecule has 2 aromatic rings. The van der Waals surface area contributed by atoms with Crippen molar-refractivity contribution in [2.24, 2.45) is 0 Å². The Morgan fingerprint density at radius 1 is 1.24 bits per heavy atom. The monoisotopic (exact) mass is 248 g/mol. The van der Waals surface area contributed by atoms with E-state index >= 15 is 0 Å². The van der Waals surface area contributed by atoms with Crippen molar-refractivity contribution in [1.82, 2.24) is 10.3 Å². The van der Waals surface area contributed by atoms with Crippen molar-refractivity contribution in [2.45, 2.75) is 6.42 Å². The second-order valence-electron chi connectivity index (χ2n) is 3.72. The van der Waals surface area contributed by atoms with Crippen LogP contribution in [0.2, 0.25) is 5.02 Å². The van der Waals surface area contributed by atoms with Crippen LogP contribution in [0.25, 0.3) is 0 Å². The van der Waals surface area contributed by atoms with Gasteiger partial charge < -0.3 is 10.3 Å². The normalized spacial score (nSPS) is 10.2. The van der Waals surface area contributed by atoms with Gasteiger partial charge in [0.25, 0.3) is 5.91 Å². The van der Waals surface area contributed by atoms with Gasteiger partial charge >= 0.3 is 0 Å². The highest BCUT2D eigenvalue weighted by Crippen LogP contribution is 2.09. The van der Waals surface area contributed by atoms with Gasteiger partial charge in [0, 0.05) is 17.8 Å². The lowest BCUT2D eigenvalue weighted by Gasteiger charge is -2.04. The van der Waals surface area contributed by atoms with Crippen LogP contribution in [0.5, 0.6) is 0 Å². The number of carbonyl (C=O) groups excluding carboxylic acids is 1. The molecule has 0 radical (unpaired) electrons. The summed E-state index contributed by atoms with van der Waals surface area (Å²) in [5.74, 6) is -0.0797. The smallest absolute Gasteiger partial charge is 0.267 e. The first-order valence-electron chi connectivity index (χ1n) is 5.42. The van der Waals surface area contributed by atoms with Crippen molar-refractivity contribution in [1.29, 1.82) is 0 Å². The van der Waals surface area contributed by atoms with E-state index in [1.807, 2.05) is 24.3 Å². The molecule has 0 atom stereocenters. The van der Waals surface area contributed by atoms with E-state index in [0.717, 1.165) is 17.0 Å². The van der Waals surface area contributed by atoms with Gasteiger partial charge in [-0.2, -0.15) is 0 Å². The lowest BCUT2D eigenvalue weighted by Crippen LogP contribution is -2.25. The fourth-order valence-corrected chi connectivity index (χ4v) is 1.66. The first kappa shape index (κ1) is 11.7. The van der Waals surface area contributed by atoms with Crippen LogP contribution in [-0.4, -0.2) is 17.4 Å². The number of aromatic amines is 1. The number of H-pyrrole nitrogens is 1. The number of carbonyl (C=O) groups is 1. The molecule has 0 fully saturated rings. The van der Waals surface area contributed by atoms with E-state index < -0.39 is 0 Å². The van der Waals surface area contributed by atoms with Crippen LogP contribution in [0.1, 0.15) is 16.1 Å². The quantitative estimate of drug-likeness (QED) is 0.859. The maximum absolute atomic E-state index is 11.6. The van der Waals surface area contributed by atoms with E-state index in [0.29, 0.717) is 12.2 Å². The molecule has 1 amide bonds. The van der Waals surface area contributed by atoms with Gasteiger partial charge in [-0.15, -0.1) is 0 Å².